The van der Waals surface area contributed by atoms with Gasteiger partial charge in [0.1, 0.15) is 0 Å². The normalized spacial score (nSPS) is 11.0. The number of carbonyl (C=O) groups is 2. The predicted octanol–water partition coefficient (Wildman–Crippen LogP) is 4.97. The summed E-state index contributed by atoms with van der Waals surface area (Å²) in [6.45, 7) is 5.22. The SMILES string of the molecule is CC(=O)Nc1ccc(NC(=O)c2ccc(S(=O)(=O)Nc3ccc(C)c(C)c3)cc2)cc1Cl. The Kier molecular flexibility index (Phi) is 6.86. The Morgan fingerprint density at radius 3 is 2.06 bits per heavy atom. The molecular formula is C23H22ClN3O4S. The Hall–Kier alpha value is -3.36. The molecule has 3 aromatic carbocycles. The molecule has 3 N–H and O–H groups in total. The van der Waals surface area contributed by atoms with E-state index < -0.39 is 15.9 Å². The van der Waals surface area contributed by atoms with Gasteiger partial charge in [0.25, 0.3) is 15.9 Å². The molecule has 0 aliphatic heterocycles. The summed E-state index contributed by atoms with van der Waals surface area (Å²) in [6, 6.07) is 15.6. The molecule has 0 unspecified atom stereocenters. The number of amides is 2. The third-order valence-electron chi connectivity index (χ3n) is 4.72. The van der Waals surface area contributed by atoms with Gasteiger partial charge in [-0.1, -0.05) is 17.7 Å². The minimum absolute atomic E-state index is 0.0370. The molecule has 0 aliphatic rings. The molecule has 9 heteroatoms. The van der Waals surface area contributed by atoms with E-state index in [1.165, 1.54) is 37.3 Å². The fourth-order valence-electron chi connectivity index (χ4n) is 2.89. The number of aryl methyl sites for hydroxylation is 2. The molecule has 3 aromatic rings. The molecule has 3 rings (SSSR count). The third-order valence-corrected chi connectivity index (χ3v) is 6.43. The lowest BCUT2D eigenvalue weighted by atomic mass is 10.1. The van der Waals surface area contributed by atoms with Gasteiger partial charge in [0.2, 0.25) is 5.91 Å². The van der Waals surface area contributed by atoms with E-state index >= 15 is 0 Å². The first-order valence-electron chi connectivity index (χ1n) is 9.64. The molecule has 0 aromatic heterocycles. The molecule has 0 spiro atoms. The molecule has 0 aliphatic carbocycles. The van der Waals surface area contributed by atoms with Crippen LogP contribution in [0.25, 0.3) is 0 Å². The molecule has 0 atom stereocenters. The zero-order chi connectivity index (χ0) is 23.5. The number of sulfonamides is 1. The van der Waals surface area contributed by atoms with Crippen LogP contribution in [0.2, 0.25) is 5.02 Å². The second kappa shape index (κ2) is 9.42. The van der Waals surface area contributed by atoms with Crippen LogP contribution in [0.3, 0.4) is 0 Å². The van der Waals surface area contributed by atoms with Gasteiger partial charge in [-0.05, 0) is 79.6 Å². The zero-order valence-corrected chi connectivity index (χ0v) is 19.3. The highest BCUT2D eigenvalue weighted by atomic mass is 35.5. The van der Waals surface area contributed by atoms with Crippen molar-refractivity contribution < 1.29 is 18.0 Å². The van der Waals surface area contributed by atoms with E-state index in [1.807, 2.05) is 19.9 Å². The van der Waals surface area contributed by atoms with Crippen molar-refractivity contribution in [2.75, 3.05) is 15.4 Å². The molecule has 0 saturated carbocycles. The first-order valence-corrected chi connectivity index (χ1v) is 11.5. The number of anilines is 3. The van der Waals surface area contributed by atoms with E-state index in [0.717, 1.165) is 11.1 Å². The van der Waals surface area contributed by atoms with Crippen molar-refractivity contribution in [2.45, 2.75) is 25.7 Å². The topological polar surface area (TPSA) is 104 Å². The highest BCUT2D eigenvalue weighted by molar-refractivity contribution is 7.92. The largest absolute Gasteiger partial charge is 0.325 e. The number of hydrogen-bond donors (Lipinski definition) is 3. The van der Waals surface area contributed by atoms with Crippen molar-refractivity contribution in [3.63, 3.8) is 0 Å². The standard InChI is InChI=1S/C23H22ClN3O4S/c1-14-4-7-19(12-15(14)2)27-32(30,31)20-9-5-17(6-10-20)23(29)26-18-8-11-22(21(24)13-18)25-16(3)28/h4-13,27H,1-3H3,(H,25,28)(H,26,29). The van der Waals surface area contributed by atoms with Crippen molar-refractivity contribution in [3.05, 3.63) is 82.4 Å². The van der Waals surface area contributed by atoms with Crippen LogP contribution in [-0.4, -0.2) is 20.2 Å². The second-order valence-electron chi connectivity index (χ2n) is 7.26. The van der Waals surface area contributed by atoms with Gasteiger partial charge in [-0.3, -0.25) is 14.3 Å². The van der Waals surface area contributed by atoms with Crippen LogP contribution in [0.1, 0.15) is 28.4 Å². The van der Waals surface area contributed by atoms with Gasteiger partial charge in [-0.15, -0.1) is 0 Å². The average Bonchev–Trinajstić information content (AvgIpc) is 2.72. The van der Waals surface area contributed by atoms with Crippen molar-refractivity contribution in [1.29, 1.82) is 0 Å². The molecule has 0 heterocycles. The summed E-state index contributed by atoms with van der Waals surface area (Å²) in [6.07, 6.45) is 0. The Balaban J connectivity index is 1.71. The van der Waals surface area contributed by atoms with Gasteiger partial charge in [-0.25, -0.2) is 8.42 Å². The predicted molar refractivity (Wildman–Crippen MR) is 127 cm³/mol. The summed E-state index contributed by atoms with van der Waals surface area (Å²) in [5, 5.41) is 5.55. The monoisotopic (exact) mass is 471 g/mol. The number of benzene rings is 3. The molecule has 7 nitrogen and oxygen atoms in total. The highest BCUT2D eigenvalue weighted by Crippen LogP contribution is 2.26. The van der Waals surface area contributed by atoms with Crippen molar-refractivity contribution in [2.24, 2.45) is 0 Å². The van der Waals surface area contributed by atoms with Gasteiger partial charge in [0.05, 0.1) is 15.6 Å². The van der Waals surface area contributed by atoms with Gasteiger partial charge in [0.15, 0.2) is 0 Å². The number of nitrogens with one attached hydrogen (secondary N) is 3. The summed E-state index contributed by atoms with van der Waals surface area (Å²) in [5.74, 6) is -0.690. The maximum Gasteiger partial charge on any atom is 0.261 e. The van der Waals surface area contributed by atoms with E-state index in [2.05, 4.69) is 15.4 Å². The number of carbonyl (C=O) groups excluding carboxylic acids is 2. The van der Waals surface area contributed by atoms with E-state index in [9.17, 15) is 18.0 Å². The molecule has 2 amide bonds. The molecule has 0 bridgehead atoms. The first-order chi connectivity index (χ1) is 15.0. The molecule has 166 valence electrons. The lowest BCUT2D eigenvalue weighted by molar-refractivity contribution is -0.114. The summed E-state index contributed by atoms with van der Waals surface area (Å²) in [7, 11) is -3.80. The van der Waals surface area contributed by atoms with E-state index in [-0.39, 0.29) is 21.4 Å². The average molecular weight is 472 g/mol. The summed E-state index contributed by atoms with van der Waals surface area (Å²) in [5.41, 5.74) is 3.65. The van der Waals surface area contributed by atoms with E-state index in [1.54, 1.807) is 24.3 Å². The lowest BCUT2D eigenvalue weighted by Gasteiger charge is -2.11. The Labute approximate surface area is 191 Å². The van der Waals surface area contributed by atoms with Crippen molar-refractivity contribution in [1.82, 2.24) is 0 Å². The molecule has 32 heavy (non-hydrogen) atoms. The number of halogens is 1. The van der Waals surface area contributed by atoms with Gasteiger partial charge < -0.3 is 10.6 Å². The smallest absolute Gasteiger partial charge is 0.261 e. The fraction of sp³-hybridized carbons (Fsp3) is 0.130. The highest BCUT2D eigenvalue weighted by Gasteiger charge is 2.16. The molecule has 0 fully saturated rings. The Morgan fingerprint density at radius 2 is 1.47 bits per heavy atom. The van der Waals surface area contributed by atoms with Crippen LogP contribution in [-0.2, 0) is 14.8 Å². The van der Waals surface area contributed by atoms with Crippen LogP contribution in [0.15, 0.2) is 65.6 Å². The summed E-state index contributed by atoms with van der Waals surface area (Å²) in [4.78, 5) is 23.7. The summed E-state index contributed by atoms with van der Waals surface area (Å²) >= 11 is 6.12. The molecular weight excluding hydrogens is 450 g/mol. The zero-order valence-electron chi connectivity index (χ0n) is 17.7. The second-order valence-corrected chi connectivity index (χ2v) is 9.35. The number of hydrogen-bond acceptors (Lipinski definition) is 4. The molecule has 0 saturated heterocycles. The number of rotatable bonds is 6. The van der Waals surface area contributed by atoms with E-state index in [0.29, 0.717) is 17.1 Å². The van der Waals surface area contributed by atoms with Crippen LogP contribution in [0, 0.1) is 13.8 Å². The van der Waals surface area contributed by atoms with Crippen LogP contribution in [0.4, 0.5) is 17.1 Å². The minimum Gasteiger partial charge on any atom is -0.325 e. The first kappa shape index (κ1) is 23.3. The lowest BCUT2D eigenvalue weighted by Crippen LogP contribution is -2.15. The van der Waals surface area contributed by atoms with Crippen molar-refractivity contribution in [3.8, 4) is 0 Å². The fourth-order valence-corrected chi connectivity index (χ4v) is 4.17. The van der Waals surface area contributed by atoms with Crippen molar-refractivity contribution >= 4 is 50.5 Å². The van der Waals surface area contributed by atoms with Gasteiger partial charge >= 0.3 is 0 Å². The van der Waals surface area contributed by atoms with Gasteiger partial charge in [0, 0.05) is 23.9 Å². The van der Waals surface area contributed by atoms with Crippen LogP contribution < -0.4 is 15.4 Å². The third kappa shape index (κ3) is 5.66. The van der Waals surface area contributed by atoms with Gasteiger partial charge in [-0.2, -0.15) is 0 Å². The van der Waals surface area contributed by atoms with E-state index in [4.69, 9.17) is 11.6 Å². The van der Waals surface area contributed by atoms with Crippen LogP contribution >= 0.6 is 11.6 Å². The quantitative estimate of drug-likeness (QED) is 0.472. The molecule has 0 radical (unpaired) electrons. The maximum absolute atomic E-state index is 12.7. The summed E-state index contributed by atoms with van der Waals surface area (Å²) < 4.78 is 27.9. The Morgan fingerprint density at radius 1 is 0.812 bits per heavy atom. The maximum atomic E-state index is 12.7. The van der Waals surface area contributed by atoms with Crippen LogP contribution in [0.5, 0.6) is 0 Å². The Bertz CT molecular complexity index is 1290. The minimum atomic E-state index is -3.80.